The molecule has 0 radical (unpaired) electrons. The van der Waals surface area contributed by atoms with Gasteiger partial charge in [0.1, 0.15) is 0 Å². The van der Waals surface area contributed by atoms with E-state index in [9.17, 15) is 4.79 Å². The van der Waals surface area contributed by atoms with E-state index in [1.807, 2.05) is 0 Å². The van der Waals surface area contributed by atoms with E-state index in [0.29, 0.717) is 6.42 Å². The number of rotatable bonds is 9. The second kappa shape index (κ2) is 7.69. The lowest BCUT2D eigenvalue weighted by Crippen LogP contribution is -2.27. The number of unbranched alkanes of at least 4 members (excludes halogenated alkanes) is 2. The minimum absolute atomic E-state index is 0.217. The van der Waals surface area contributed by atoms with Crippen molar-refractivity contribution >= 4 is 5.91 Å². The van der Waals surface area contributed by atoms with Crippen LogP contribution in [0.2, 0.25) is 0 Å². The highest BCUT2D eigenvalue weighted by Gasteiger charge is 2.19. The molecule has 0 aromatic rings. The minimum Gasteiger partial charge on any atom is -0.356 e. The van der Waals surface area contributed by atoms with Crippen molar-refractivity contribution in [2.24, 2.45) is 0 Å². The lowest BCUT2D eigenvalue weighted by molar-refractivity contribution is -0.121. The van der Waals surface area contributed by atoms with Crippen LogP contribution in [0, 0.1) is 0 Å². The van der Waals surface area contributed by atoms with Gasteiger partial charge in [-0.25, -0.2) is 0 Å². The number of nitrogens with one attached hydrogen (secondary N) is 2. The molecule has 0 unspecified atom stereocenters. The molecule has 1 saturated carbocycles. The Bertz CT molecular complexity index is 178. The van der Waals surface area contributed by atoms with Crippen LogP contribution in [0.1, 0.15) is 51.9 Å². The van der Waals surface area contributed by atoms with E-state index in [0.717, 1.165) is 38.4 Å². The van der Waals surface area contributed by atoms with Gasteiger partial charge in [0.15, 0.2) is 0 Å². The van der Waals surface area contributed by atoms with Crippen molar-refractivity contribution in [3.8, 4) is 0 Å². The number of carbonyl (C=O) groups is 1. The molecule has 0 spiro atoms. The smallest absolute Gasteiger partial charge is 0.219 e. The van der Waals surface area contributed by atoms with Gasteiger partial charge in [0.05, 0.1) is 0 Å². The van der Waals surface area contributed by atoms with Crippen molar-refractivity contribution in [1.82, 2.24) is 10.6 Å². The summed E-state index contributed by atoms with van der Waals surface area (Å²) in [5.74, 6) is 0.217. The summed E-state index contributed by atoms with van der Waals surface area (Å²) in [7, 11) is 0. The molecular weight excluding hydrogens is 188 g/mol. The summed E-state index contributed by atoms with van der Waals surface area (Å²) in [5.41, 5.74) is 0. The molecule has 1 amide bonds. The fourth-order valence-electron chi connectivity index (χ4n) is 1.53. The maximum absolute atomic E-state index is 11.3. The largest absolute Gasteiger partial charge is 0.356 e. The first-order valence-corrected chi connectivity index (χ1v) is 6.33. The summed E-state index contributed by atoms with van der Waals surface area (Å²) in [6.07, 6.45) is 7.80. The van der Waals surface area contributed by atoms with Crippen LogP contribution in [-0.4, -0.2) is 25.0 Å². The van der Waals surface area contributed by atoms with Crippen molar-refractivity contribution in [1.29, 1.82) is 0 Å². The third-order valence-corrected chi connectivity index (χ3v) is 2.69. The van der Waals surface area contributed by atoms with Gasteiger partial charge in [-0.15, -0.1) is 0 Å². The lowest BCUT2D eigenvalue weighted by atomic mass is 10.2. The van der Waals surface area contributed by atoms with E-state index >= 15 is 0 Å². The van der Waals surface area contributed by atoms with Gasteiger partial charge in [0, 0.05) is 19.0 Å². The van der Waals surface area contributed by atoms with Gasteiger partial charge in [0.25, 0.3) is 0 Å². The highest BCUT2D eigenvalue weighted by atomic mass is 16.1. The molecule has 1 fully saturated rings. The van der Waals surface area contributed by atoms with Gasteiger partial charge >= 0.3 is 0 Å². The highest BCUT2D eigenvalue weighted by Crippen LogP contribution is 2.18. The Morgan fingerprint density at radius 2 is 2.00 bits per heavy atom. The molecule has 88 valence electrons. The number of hydrogen-bond acceptors (Lipinski definition) is 2. The van der Waals surface area contributed by atoms with Gasteiger partial charge in [-0.05, 0) is 32.2 Å². The molecule has 2 N–H and O–H groups in total. The molecule has 1 aliphatic rings. The van der Waals surface area contributed by atoms with E-state index < -0.39 is 0 Å². The zero-order valence-corrected chi connectivity index (χ0v) is 9.85. The zero-order chi connectivity index (χ0) is 10.9. The number of amides is 1. The molecule has 1 rings (SSSR count). The summed E-state index contributed by atoms with van der Waals surface area (Å²) < 4.78 is 0. The molecule has 0 heterocycles. The van der Waals surface area contributed by atoms with Crippen molar-refractivity contribution in [2.75, 3.05) is 13.1 Å². The predicted octanol–water partition coefficient (Wildman–Crippen LogP) is 1.82. The van der Waals surface area contributed by atoms with Crippen LogP contribution < -0.4 is 10.6 Å². The molecule has 1 aliphatic carbocycles. The molecule has 15 heavy (non-hydrogen) atoms. The molecule has 3 heteroatoms. The van der Waals surface area contributed by atoms with Crippen LogP contribution in [-0.2, 0) is 4.79 Å². The summed E-state index contributed by atoms with van der Waals surface area (Å²) in [6, 6.07) is 0.783. The van der Waals surface area contributed by atoms with Gasteiger partial charge in [-0.3, -0.25) is 4.79 Å². The molecular formula is C12H24N2O. The van der Waals surface area contributed by atoms with E-state index in [4.69, 9.17) is 0 Å². The fourth-order valence-corrected chi connectivity index (χ4v) is 1.53. The molecule has 0 bridgehead atoms. The zero-order valence-electron chi connectivity index (χ0n) is 9.85. The Balaban J connectivity index is 1.78. The molecule has 0 atom stereocenters. The Kier molecular flexibility index (Phi) is 6.41. The maximum Gasteiger partial charge on any atom is 0.219 e. The second-order valence-corrected chi connectivity index (χ2v) is 4.39. The van der Waals surface area contributed by atoms with Crippen LogP contribution in [0.3, 0.4) is 0 Å². The van der Waals surface area contributed by atoms with Gasteiger partial charge in [0.2, 0.25) is 5.91 Å². The Morgan fingerprint density at radius 3 is 2.67 bits per heavy atom. The lowest BCUT2D eigenvalue weighted by Gasteiger charge is -2.05. The first-order chi connectivity index (χ1) is 7.33. The van der Waals surface area contributed by atoms with Crippen molar-refractivity contribution in [2.45, 2.75) is 57.9 Å². The van der Waals surface area contributed by atoms with Crippen LogP contribution in [0.15, 0.2) is 0 Å². The maximum atomic E-state index is 11.3. The third kappa shape index (κ3) is 7.37. The van der Waals surface area contributed by atoms with Crippen molar-refractivity contribution < 1.29 is 4.79 Å². The second-order valence-electron chi connectivity index (χ2n) is 4.39. The summed E-state index contributed by atoms with van der Waals surface area (Å²) in [6.45, 7) is 4.02. The minimum atomic E-state index is 0.217. The van der Waals surface area contributed by atoms with Crippen LogP contribution in [0.4, 0.5) is 0 Å². The van der Waals surface area contributed by atoms with Crippen molar-refractivity contribution in [3.63, 3.8) is 0 Å². The van der Waals surface area contributed by atoms with Gasteiger partial charge in [-0.2, -0.15) is 0 Å². The fraction of sp³-hybridized carbons (Fsp3) is 0.917. The van der Waals surface area contributed by atoms with Crippen LogP contribution in [0.5, 0.6) is 0 Å². The standard InChI is InChI=1S/C12H24N2O/c1-2-3-4-6-12(15)14-10-5-9-13-11-7-8-11/h11,13H,2-10H2,1H3,(H,14,15). The first-order valence-electron chi connectivity index (χ1n) is 6.33. The predicted molar refractivity (Wildman–Crippen MR) is 62.8 cm³/mol. The monoisotopic (exact) mass is 212 g/mol. The average molecular weight is 212 g/mol. The Labute approximate surface area is 93.0 Å². The molecule has 0 aromatic heterocycles. The van der Waals surface area contributed by atoms with Gasteiger partial charge < -0.3 is 10.6 Å². The first kappa shape index (κ1) is 12.5. The van der Waals surface area contributed by atoms with E-state index in [1.165, 1.54) is 19.3 Å². The van der Waals surface area contributed by atoms with E-state index in [-0.39, 0.29) is 5.91 Å². The molecule has 0 saturated heterocycles. The molecule has 0 aromatic carbocycles. The van der Waals surface area contributed by atoms with E-state index in [1.54, 1.807) is 0 Å². The third-order valence-electron chi connectivity index (χ3n) is 2.69. The highest BCUT2D eigenvalue weighted by molar-refractivity contribution is 5.75. The Morgan fingerprint density at radius 1 is 1.20 bits per heavy atom. The number of carbonyl (C=O) groups excluding carboxylic acids is 1. The van der Waals surface area contributed by atoms with Crippen molar-refractivity contribution in [3.05, 3.63) is 0 Å². The summed E-state index contributed by atoms with van der Waals surface area (Å²) in [5, 5.41) is 6.39. The number of hydrogen-bond donors (Lipinski definition) is 2. The molecule has 0 aliphatic heterocycles. The van der Waals surface area contributed by atoms with Crippen LogP contribution in [0.25, 0.3) is 0 Å². The normalized spacial score (nSPS) is 15.3. The average Bonchev–Trinajstić information content (AvgIpc) is 3.02. The van der Waals surface area contributed by atoms with E-state index in [2.05, 4.69) is 17.6 Å². The van der Waals surface area contributed by atoms with Crippen LogP contribution >= 0.6 is 0 Å². The molecule has 3 nitrogen and oxygen atoms in total. The van der Waals surface area contributed by atoms with Gasteiger partial charge in [-0.1, -0.05) is 19.8 Å². The Hall–Kier alpha value is -0.570. The summed E-state index contributed by atoms with van der Waals surface area (Å²) in [4.78, 5) is 11.3. The summed E-state index contributed by atoms with van der Waals surface area (Å²) >= 11 is 0. The topological polar surface area (TPSA) is 41.1 Å². The quantitative estimate of drug-likeness (QED) is 0.572. The SMILES string of the molecule is CCCCCC(=O)NCCCNC1CC1.